The summed E-state index contributed by atoms with van der Waals surface area (Å²) >= 11 is 1.99. The van der Waals surface area contributed by atoms with Gasteiger partial charge in [0.1, 0.15) is 18.2 Å². The number of quaternary nitrogens is 1. The minimum atomic E-state index is -2.79. The predicted octanol–water partition coefficient (Wildman–Crippen LogP) is 10.2. The smallest absolute Gasteiger partial charge is 0.225 e. The summed E-state index contributed by atoms with van der Waals surface area (Å²) in [6.45, 7) is 6.93. The first kappa shape index (κ1) is 40.8. The molecule has 0 aliphatic carbocycles. The topological polar surface area (TPSA) is 142 Å². The minimum absolute atomic E-state index is 0. The monoisotopic (exact) mass is 657 g/mol. The molecule has 2 aromatic heterocycles. The average molecular weight is 658 g/mol. The van der Waals surface area contributed by atoms with E-state index in [1.807, 2.05) is 23.3 Å². The zero-order valence-corrected chi connectivity index (χ0v) is 30.4. The highest BCUT2D eigenvalue weighted by atomic mass is 32.2. The zero-order chi connectivity index (χ0) is 31.0. The molecule has 0 radical (unpaired) electrons. The van der Waals surface area contributed by atoms with Gasteiger partial charge < -0.3 is 25.7 Å². The summed E-state index contributed by atoms with van der Waals surface area (Å²) in [6, 6.07) is 0. The van der Waals surface area contributed by atoms with Crippen molar-refractivity contribution in [1.82, 2.24) is 25.7 Å². The Morgan fingerprint density at radius 3 is 1.91 bits per heavy atom. The number of hydrogen-bond acceptors (Lipinski definition) is 8. The highest BCUT2D eigenvalue weighted by Crippen LogP contribution is 2.42. The number of hydrogen-bond donors (Lipinski definition) is 2. The highest BCUT2D eigenvalue weighted by molar-refractivity contribution is 7.99. The Labute approximate surface area is 273 Å². The molecule has 0 aliphatic heterocycles. The first-order valence-electron chi connectivity index (χ1n) is 17.2. The van der Waals surface area contributed by atoms with E-state index in [-0.39, 0.29) is 18.6 Å². The molecule has 0 saturated heterocycles. The molecule has 2 rings (SSSR count). The number of imidazole rings is 1. The number of rotatable bonds is 29. The average Bonchev–Trinajstić information content (AvgIpc) is 3.40. The van der Waals surface area contributed by atoms with E-state index in [0.29, 0.717) is 30.1 Å². The van der Waals surface area contributed by atoms with Gasteiger partial charge in [-0.05, 0) is 31.3 Å². The Bertz CT molecular complexity index is 1010. The highest BCUT2D eigenvalue weighted by Gasteiger charge is 2.19. The molecule has 0 bridgehead atoms. The van der Waals surface area contributed by atoms with Crippen LogP contribution < -0.4 is 11.9 Å². The van der Waals surface area contributed by atoms with Crippen molar-refractivity contribution in [2.24, 2.45) is 0 Å². The maximum absolute atomic E-state index is 12.8. The molecule has 0 aliphatic rings. The number of ether oxygens (including phenoxy) is 1. The molecule has 9 nitrogen and oxygen atoms in total. The number of aromatic nitrogens is 4. The van der Waals surface area contributed by atoms with E-state index in [2.05, 4.69) is 21.9 Å². The van der Waals surface area contributed by atoms with Crippen LogP contribution in [0, 0.1) is 0 Å². The molecular weight excluding hydrogens is 591 g/mol. The number of anilines is 1. The summed E-state index contributed by atoms with van der Waals surface area (Å²) in [5, 5.41) is 0. The van der Waals surface area contributed by atoms with Crippen LogP contribution in [-0.4, -0.2) is 56.7 Å². The molecule has 0 aromatic carbocycles. The van der Waals surface area contributed by atoms with Gasteiger partial charge in [0.2, 0.25) is 7.37 Å². The first-order chi connectivity index (χ1) is 20.9. The fourth-order valence-corrected chi connectivity index (χ4v) is 7.34. The van der Waals surface area contributed by atoms with Gasteiger partial charge in [-0.15, -0.1) is 0 Å². The van der Waals surface area contributed by atoms with Crippen molar-refractivity contribution in [2.75, 3.05) is 36.9 Å². The van der Waals surface area contributed by atoms with Gasteiger partial charge >= 0.3 is 0 Å². The van der Waals surface area contributed by atoms with Gasteiger partial charge in [-0.3, -0.25) is 4.57 Å². The number of fused-ring (bicyclic) bond motifs is 1. The molecule has 1 unspecified atom stereocenters. The molecule has 0 amide bonds. The second kappa shape index (κ2) is 25.9. The van der Waals surface area contributed by atoms with E-state index < -0.39 is 7.37 Å². The lowest BCUT2D eigenvalue weighted by molar-refractivity contribution is 0.0801. The summed E-state index contributed by atoms with van der Waals surface area (Å²) in [4.78, 5) is 12.5. The van der Waals surface area contributed by atoms with Gasteiger partial charge in [-0.1, -0.05) is 116 Å². The van der Waals surface area contributed by atoms with Crippen molar-refractivity contribution in [3.05, 3.63) is 12.7 Å². The molecule has 0 spiro atoms. The Kier molecular flexibility index (Phi) is 24.1. The van der Waals surface area contributed by atoms with Crippen molar-refractivity contribution >= 4 is 36.1 Å². The lowest BCUT2D eigenvalue weighted by atomic mass is 10.0. The zero-order valence-electron chi connectivity index (χ0n) is 28.6. The maximum Gasteiger partial charge on any atom is 0.225 e. The number of nitrogens with zero attached hydrogens (tertiary/aromatic N) is 4. The van der Waals surface area contributed by atoms with Crippen molar-refractivity contribution in [3.63, 3.8) is 0 Å². The number of nitrogen functional groups attached to an aromatic ring is 1. The Balaban J connectivity index is 0.00000968. The molecule has 2 heterocycles. The molecule has 256 valence electrons. The Morgan fingerprint density at radius 1 is 0.818 bits per heavy atom. The second-order valence-corrected chi connectivity index (χ2v) is 16.0. The number of nitrogens with two attached hydrogens (primary N) is 1. The van der Waals surface area contributed by atoms with Crippen molar-refractivity contribution in [3.8, 4) is 0 Å². The van der Waals surface area contributed by atoms with Crippen LogP contribution >= 0.6 is 19.1 Å². The third-order valence-corrected chi connectivity index (χ3v) is 10.4. The fourth-order valence-electron chi connectivity index (χ4n) is 5.29. The van der Waals surface area contributed by atoms with Crippen molar-refractivity contribution in [2.45, 2.75) is 148 Å². The van der Waals surface area contributed by atoms with Gasteiger partial charge in [-0.25, -0.2) is 15.0 Å². The van der Waals surface area contributed by atoms with Crippen LogP contribution in [0.4, 0.5) is 5.82 Å². The van der Waals surface area contributed by atoms with Gasteiger partial charge in [0.15, 0.2) is 11.5 Å². The number of unbranched alkanes of at least 4 members (excludes halogenated alkanes) is 17. The molecular formula is C33H66N6O3PS+. The quantitative estimate of drug-likeness (QED) is 0.0650. The van der Waals surface area contributed by atoms with E-state index in [9.17, 15) is 4.57 Å². The third-order valence-electron chi connectivity index (χ3n) is 7.92. The molecule has 11 heteroatoms. The van der Waals surface area contributed by atoms with E-state index in [4.69, 9.17) is 15.0 Å². The largest absolute Gasteiger partial charge is 0.382 e. The molecule has 2 atom stereocenters. The molecule has 44 heavy (non-hydrogen) atoms. The standard InChI is InChI=1S/C33H62N5O3PS.H3N/c1-4-5-6-7-8-9-10-11-12-13-14-15-16-17-18-19-20-21-24-43-25-22-23-41-42(3,39)29-40-30(2)26-38-28-37-31-32(34)35-27-36-33(31)38;/h27-28,30H,4-26,29H2,1-3H3,(H2,34,35,36);1H3/p+1/t30-,42?;/m1./s1. The summed E-state index contributed by atoms with van der Waals surface area (Å²) in [5.74, 6) is 2.62. The van der Waals surface area contributed by atoms with Gasteiger partial charge in [0.05, 0.1) is 25.6 Å². The second-order valence-electron chi connectivity index (χ2n) is 12.3. The van der Waals surface area contributed by atoms with Crippen LogP contribution in [0.15, 0.2) is 12.7 Å². The minimum Gasteiger partial charge on any atom is -0.382 e. The van der Waals surface area contributed by atoms with E-state index in [1.54, 1.807) is 13.0 Å². The van der Waals surface area contributed by atoms with Gasteiger partial charge in [0.25, 0.3) is 0 Å². The Hall–Kier alpha value is -1.19. The van der Waals surface area contributed by atoms with Crippen LogP contribution in [0.2, 0.25) is 0 Å². The fraction of sp³-hybridized carbons (Fsp3) is 0.848. The lowest BCUT2D eigenvalue weighted by Crippen LogP contribution is -2.17. The summed E-state index contributed by atoms with van der Waals surface area (Å²) < 4.78 is 26.2. The first-order valence-corrected chi connectivity index (χ1v) is 20.7. The summed E-state index contributed by atoms with van der Waals surface area (Å²) in [5.41, 5.74) is 7.10. The summed E-state index contributed by atoms with van der Waals surface area (Å²) in [7, 11) is -2.79. The maximum atomic E-state index is 12.8. The summed E-state index contributed by atoms with van der Waals surface area (Å²) in [6.07, 6.45) is 29.4. The predicted molar refractivity (Wildman–Crippen MR) is 191 cm³/mol. The van der Waals surface area contributed by atoms with E-state index in [1.165, 1.54) is 128 Å². The van der Waals surface area contributed by atoms with E-state index >= 15 is 0 Å². The third kappa shape index (κ3) is 19.4. The van der Waals surface area contributed by atoms with Gasteiger partial charge in [-0.2, -0.15) is 11.8 Å². The van der Waals surface area contributed by atoms with Crippen molar-refractivity contribution in [1.29, 1.82) is 0 Å². The van der Waals surface area contributed by atoms with Gasteiger partial charge in [0, 0.05) is 6.66 Å². The van der Waals surface area contributed by atoms with Crippen molar-refractivity contribution < 1.29 is 13.8 Å². The number of thioether (sulfide) groups is 1. The normalized spacial score (nSPS) is 13.6. The molecule has 6 N–H and O–H groups in total. The Morgan fingerprint density at radius 2 is 1.34 bits per heavy atom. The van der Waals surface area contributed by atoms with Crippen LogP contribution in [0.3, 0.4) is 0 Å². The van der Waals surface area contributed by atoms with Crippen LogP contribution in [0.5, 0.6) is 0 Å². The SMILES string of the molecule is CCCCCCCCCCCCCCCCCCCCSCCCOP(C)(=O)CO[C@H](C)Cn1cnc2c(N)ncnc21.[NH4+]. The molecule has 0 fully saturated rings. The van der Waals surface area contributed by atoms with Crippen LogP contribution in [0.25, 0.3) is 11.2 Å². The van der Waals surface area contributed by atoms with Crippen LogP contribution in [0.1, 0.15) is 136 Å². The molecule has 2 aromatic rings. The molecule has 0 saturated carbocycles. The van der Waals surface area contributed by atoms with E-state index in [0.717, 1.165) is 12.2 Å². The van der Waals surface area contributed by atoms with Crippen LogP contribution in [-0.2, 0) is 20.4 Å². The lowest BCUT2D eigenvalue weighted by Gasteiger charge is -2.18.